The first kappa shape index (κ1) is 22.0. The van der Waals surface area contributed by atoms with Crippen LogP contribution in [0.25, 0.3) is 16.8 Å². The van der Waals surface area contributed by atoms with Gasteiger partial charge in [-0.25, -0.2) is 9.78 Å². The fraction of sp³-hybridized carbons (Fsp3) is 0.208. The molecule has 8 heteroatoms. The number of ether oxygens (including phenoxy) is 1. The quantitative estimate of drug-likeness (QED) is 0.429. The second-order valence-corrected chi connectivity index (χ2v) is 8.70. The van der Waals surface area contributed by atoms with Crippen LogP contribution in [0.15, 0.2) is 59.7 Å². The standard InChI is InChI=1S/C24H22ClN3O3S/c1-2-11-31-24(30)17-5-3-15(4-6-17)12-28-13-20(29)21(22(28)26)23-27-19(14-32-23)16-7-9-18(25)10-8-16/h3-10,14,26,29H,2,11-13H2,1H3. The molecule has 1 aliphatic rings. The van der Waals surface area contributed by atoms with Gasteiger partial charge in [0.25, 0.3) is 0 Å². The minimum absolute atomic E-state index is 0.131. The van der Waals surface area contributed by atoms with Crippen LogP contribution in [0.3, 0.4) is 0 Å². The summed E-state index contributed by atoms with van der Waals surface area (Å²) >= 11 is 7.35. The molecule has 0 saturated carbocycles. The Hall–Kier alpha value is -3.16. The van der Waals surface area contributed by atoms with Crippen LogP contribution in [0.1, 0.15) is 34.3 Å². The monoisotopic (exact) mass is 467 g/mol. The van der Waals surface area contributed by atoms with Crippen molar-refractivity contribution in [1.82, 2.24) is 9.88 Å². The molecule has 0 bridgehead atoms. The third kappa shape index (κ3) is 4.69. The topological polar surface area (TPSA) is 86.5 Å². The average Bonchev–Trinajstić information content (AvgIpc) is 3.37. The van der Waals surface area contributed by atoms with Crippen molar-refractivity contribution in [3.8, 4) is 11.3 Å². The van der Waals surface area contributed by atoms with E-state index in [2.05, 4.69) is 4.98 Å². The van der Waals surface area contributed by atoms with Crippen LogP contribution in [0.4, 0.5) is 0 Å². The molecule has 0 fully saturated rings. The van der Waals surface area contributed by atoms with E-state index in [4.69, 9.17) is 21.7 Å². The molecule has 0 radical (unpaired) electrons. The number of halogens is 1. The number of nitrogens with zero attached hydrogens (tertiary/aromatic N) is 2. The molecular formula is C24H22ClN3O3S. The molecule has 3 aromatic rings. The van der Waals surface area contributed by atoms with Gasteiger partial charge < -0.3 is 14.7 Å². The summed E-state index contributed by atoms with van der Waals surface area (Å²) in [5, 5.41) is 22.3. The Kier molecular flexibility index (Phi) is 6.58. The first-order valence-corrected chi connectivity index (χ1v) is 11.5. The summed E-state index contributed by atoms with van der Waals surface area (Å²) in [6.07, 6.45) is 0.778. The van der Waals surface area contributed by atoms with Gasteiger partial charge in [0.15, 0.2) is 0 Å². The Morgan fingerprint density at radius 1 is 1.22 bits per heavy atom. The van der Waals surface area contributed by atoms with E-state index in [-0.39, 0.29) is 24.1 Å². The second kappa shape index (κ2) is 9.54. The van der Waals surface area contributed by atoms with Crippen LogP contribution < -0.4 is 0 Å². The van der Waals surface area contributed by atoms with E-state index in [9.17, 15) is 9.90 Å². The first-order chi connectivity index (χ1) is 15.5. The Morgan fingerprint density at radius 3 is 2.62 bits per heavy atom. The molecular weight excluding hydrogens is 446 g/mol. The maximum absolute atomic E-state index is 12.0. The van der Waals surface area contributed by atoms with Crippen molar-refractivity contribution in [1.29, 1.82) is 5.41 Å². The minimum Gasteiger partial charge on any atom is -0.510 e. The van der Waals surface area contributed by atoms with Crippen molar-refractivity contribution in [3.05, 3.63) is 80.8 Å². The first-order valence-electron chi connectivity index (χ1n) is 10.2. The zero-order valence-electron chi connectivity index (χ0n) is 17.5. The molecule has 1 aliphatic heterocycles. The van der Waals surface area contributed by atoms with Crippen molar-refractivity contribution < 1.29 is 14.6 Å². The molecule has 0 saturated heterocycles. The van der Waals surface area contributed by atoms with Crippen molar-refractivity contribution in [2.45, 2.75) is 19.9 Å². The highest BCUT2D eigenvalue weighted by Crippen LogP contribution is 2.33. The Morgan fingerprint density at radius 2 is 1.94 bits per heavy atom. The van der Waals surface area contributed by atoms with Gasteiger partial charge in [0, 0.05) is 22.5 Å². The summed E-state index contributed by atoms with van der Waals surface area (Å²) in [6, 6.07) is 14.5. The number of aliphatic hydroxyl groups is 1. The predicted molar refractivity (Wildman–Crippen MR) is 127 cm³/mol. The minimum atomic E-state index is -0.339. The van der Waals surface area contributed by atoms with Gasteiger partial charge in [-0.15, -0.1) is 11.3 Å². The van der Waals surface area contributed by atoms with Crippen LogP contribution in [-0.2, 0) is 11.3 Å². The smallest absolute Gasteiger partial charge is 0.338 e. The molecule has 1 aromatic heterocycles. The van der Waals surface area contributed by atoms with E-state index >= 15 is 0 Å². The third-order valence-corrected chi connectivity index (χ3v) is 6.15. The number of thiazole rings is 1. The summed E-state index contributed by atoms with van der Waals surface area (Å²) in [4.78, 5) is 18.4. The van der Waals surface area contributed by atoms with Crippen molar-refractivity contribution >= 4 is 40.3 Å². The van der Waals surface area contributed by atoms with E-state index in [0.29, 0.717) is 34.3 Å². The summed E-state index contributed by atoms with van der Waals surface area (Å²) in [7, 11) is 0. The lowest BCUT2D eigenvalue weighted by atomic mass is 10.1. The normalized spacial score (nSPS) is 13.7. The SMILES string of the molecule is CCCOC(=O)c1ccc(CN2CC(O)=C(c3nc(-c4ccc(Cl)cc4)cs3)C2=N)cc1. The van der Waals surface area contributed by atoms with Crippen LogP contribution in [0.2, 0.25) is 5.02 Å². The molecule has 0 atom stereocenters. The fourth-order valence-electron chi connectivity index (χ4n) is 3.38. The van der Waals surface area contributed by atoms with Gasteiger partial charge >= 0.3 is 5.97 Å². The molecule has 164 valence electrons. The second-order valence-electron chi connectivity index (χ2n) is 7.40. The van der Waals surface area contributed by atoms with E-state index in [0.717, 1.165) is 23.2 Å². The largest absolute Gasteiger partial charge is 0.510 e. The van der Waals surface area contributed by atoms with Gasteiger partial charge in [-0.1, -0.05) is 42.8 Å². The highest BCUT2D eigenvalue weighted by molar-refractivity contribution is 7.11. The predicted octanol–water partition coefficient (Wildman–Crippen LogP) is 5.79. The van der Waals surface area contributed by atoms with Crippen molar-refractivity contribution in [3.63, 3.8) is 0 Å². The molecule has 32 heavy (non-hydrogen) atoms. The number of amidine groups is 1. The number of carbonyl (C=O) groups excluding carboxylic acids is 1. The average molecular weight is 468 g/mol. The van der Waals surface area contributed by atoms with Crippen molar-refractivity contribution in [2.75, 3.05) is 13.2 Å². The number of carbonyl (C=O) groups is 1. The number of aromatic nitrogens is 1. The van der Waals surface area contributed by atoms with E-state index < -0.39 is 0 Å². The van der Waals surface area contributed by atoms with Crippen LogP contribution >= 0.6 is 22.9 Å². The van der Waals surface area contributed by atoms with Gasteiger partial charge in [0.1, 0.15) is 16.6 Å². The Labute approximate surface area is 195 Å². The maximum Gasteiger partial charge on any atom is 0.338 e. The van der Waals surface area contributed by atoms with Gasteiger partial charge in [0.2, 0.25) is 0 Å². The number of esters is 1. The third-order valence-electron chi connectivity index (χ3n) is 5.04. The summed E-state index contributed by atoms with van der Waals surface area (Å²) in [5.41, 5.74) is 3.58. The number of rotatable bonds is 7. The number of hydrogen-bond donors (Lipinski definition) is 2. The van der Waals surface area contributed by atoms with Gasteiger partial charge in [-0.2, -0.15) is 0 Å². The van der Waals surface area contributed by atoms with Gasteiger partial charge in [-0.05, 0) is 36.2 Å². The number of nitrogens with one attached hydrogen (secondary N) is 1. The Balaban J connectivity index is 1.45. The lowest BCUT2D eigenvalue weighted by Crippen LogP contribution is -2.26. The van der Waals surface area contributed by atoms with E-state index in [1.165, 1.54) is 11.3 Å². The lowest BCUT2D eigenvalue weighted by molar-refractivity contribution is 0.0505. The molecule has 0 unspecified atom stereocenters. The molecule has 2 heterocycles. The lowest BCUT2D eigenvalue weighted by Gasteiger charge is -2.18. The van der Waals surface area contributed by atoms with E-state index in [1.54, 1.807) is 29.2 Å². The zero-order valence-corrected chi connectivity index (χ0v) is 19.0. The summed E-state index contributed by atoms with van der Waals surface area (Å²) < 4.78 is 5.15. The molecule has 0 amide bonds. The highest BCUT2D eigenvalue weighted by atomic mass is 35.5. The molecule has 0 aliphatic carbocycles. The van der Waals surface area contributed by atoms with Crippen LogP contribution in [0, 0.1) is 5.41 Å². The maximum atomic E-state index is 12.0. The molecule has 2 N–H and O–H groups in total. The van der Waals surface area contributed by atoms with Gasteiger partial charge in [-0.3, -0.25) is 5.41 Å². The molecule has 2 aromatic carbocycles. The van der Waals surface area contributed by atoms with Crippen molar-refractivity contribution in [2.24, 2.45) is 0 Å². The number of benzene rings is 2. The van der Waals surface area contributed by atoms with Crippen LogP contribution in [-0.4, -0.2) is 39.9 Å². The summed E-state index contributed by atoms with van der Waals surface area (Å²) in [6.45, 7) is 3.02. The number of aliphatic hydroxyl groups excluding tert-OH is 1. The van der Waals surface area contributed by atoms with Crippen LogP contribution in [0.5, 0.6) is 0 Å². The van der Waals surface area contributed by atoms with E-state index in [1.807, 2.05) is 36.6 Å². The fourth-order valence-corrected chi connectivity index (χ4v) is 4.40. The molecule has 4 rings (SSSR count). The van der Waals surface area contributed by atoms with Gasteiger partial charge in [0.05, 0.1) is 30.0 Å². The summed E-state index contributed by atoms with van der Waals surface area (Å²) in [5.74, 6) is 0.0203. The Bertz CT molecular complexity index is 1170. The molecule has 6 nitrogen and oxygen atoms in total. The zero-order chi connectivity index (χ0) is 22.7. The molecule has 0 spiro atoms. The number of hydrogen-bond acceptors (Lipinski definition) is 6. The highest BCUT2D eigenvalue weighted by Gasteiger charge is 2.30.